The molecule has 0 saturated heterocycles. The molecule has 194 valence electrons. The van der Waals surface area contributed by atoms with Crippen LogP contribution in [0.3, 0.4) is 0 Å². The molecule has 0 unspecified atom stereocenters. The summed E-state index contributed by atoms with van der Waals surface area (Å²) < 4.78 is 14.0. The lowest BCUT2D eigenvalue weighted by molar-refractivity contribution is 0.359. The van der Waals surface area contributed by atoms with E-state index < -0.39 is 0 Å². The first-order valence-electron chi connectivity index (χ1n) is 12.4. The molecule has 0 spiro atoms. The van der Waals surface area contributed by atoms with Gasteiger partial charge < -0.3 is 9.47 Å². The Kier molecular flexibility index (Phi) is 7.40. The van der Waals surface area contributed by atoms with Crippen LogP contribution in [0.5, 0.6) is 23.0 Å². The van der Waals surface area contributed by atoms with Gasteiger partial charge in [-0.3, -0.25) is 5.41 Å². The normalized spacial score (nSPS) is 12.3. The second-order valence-corrected chi connectivity index (χ2v) is 10.7. The quantitative estimate of drug-likeness (QED) is 0.152. The molecule has 1 N–H and O–H groups in total. The van der Waals surface area contributed by atoms with Crippen LogP contribution in [0, 0.1) is 5.41 Å². The maximum absolute atomic E-state index is 8.69. The number of benzene rings is 5. The molecule has 40 heavy (non-hydrogen) atoms. The summed E-state index contributed by atoms with van der Waals surface area (Å²) in [6.07, 6.45) is 1.76. The van der Waals surface area contributed by atoms with E-state index in [2.05, 4.69) is 41.8 Å². The number of aliphatic imine (C=N–C) groups is 2. The van der Waals surface area contributed by atoms with Gasteiger partial charge in [-0.05, 0) is 60.7 Å². The Balaban J connectivity index is 1.24. The molecular weight excluding hydrogens is 630 g/mol. The Hall–Kier alpha value is -4.33. The maximum atomic E-state index is 8.69. The zero-order chi connectivity index (χ0) is 27.5. The van der Waals surface area contributed by atoms with Gasteiger partial charge in [0.05, 0.1) is 0 Å². The molecule has 0 atom stereocenters. The van der Waals surface area contributed by atoms with Crippen LogP contribution < -0.4 is 9.47 Å². The molecule has 0 bridgehead atoms. The highest BCUT2D eigenvalue weighted by Gasteiger charge is 2.21. The number of ether oxygens (including phenoxy) is 2. The van der Waals surface area contributed by atoms with E-state index in [4.69, 9.17) is 14.9 Å². The third-order valence-electron chi connectivity index (χ3n) is 6.25. The largest absolute Gasteiger partial charge is 0.449 e. The van der Waals surface area contributed by atoms with Crippen molar-refractivity contribution in [2.45, 2.75) is 0 Å². The highest BCUT2D eigenvalue weighted by Crippen LogP contribution is 2.48. The average Bonchev–Trinajstić information content (AvgIpc) is 2.99. The molecule has 0 aromatic heterocycles. The van der Waals surface area contributed by atoms with Gasteiger partial charge in [-0.15, -0.1) is 0 Å². The highest BCUT2D eigenvalue weighted by atomic mass is 79.9. The summed E-state index contributed by atoms with van der Waals surface area (Å²) >= 11 is 7.02. The standard InChI is InChI=1S/C33H21Br2N3O2/c34-26-18-30-31(19-27(26)35)40-29-17-25(15-16-28(29)39-30)22-11-13-23(14-12-22)32(36)38-33(24-9-5-2-6-10-24)37-20-21-7-3-1-4-8-21/h1-20,36H. The topological polar surface area (TPSA) is 67.0 Å². The summed E-state index contributed by atoms with van der Waals surface area (Å²) in [5, 5.41) is 8.69. The van der Waals surface area contributed by atoms with Gasteiger partial charge in [-0.1, -0.05) is 91.0 Å². The van der Waals surface area contributed by atoms with Crippen LogP contribution in [0.15, 0.2) is 134 Å². The molecule has 1 aliphatic heterocycles. The predicted molar refractivity (Wildman–Crippen MR) is 168 cm³/mol. The fraction of sp³-hybridized carbons (Fsp3) is 0. The zero-order valence-electron chi connectivity index (χ0n) is 21.0. The molecule has 0 fully saturated rings. The molecule has 5 aromatic carbocycles. The molecule has 5 nitrogen and oxygen atoms in total. The van der Waals surface area contributed by atoms with Gasteiger partial charge >= 0.3 is 0 Å². The number of amidine groups is 2. The van der Waals surface area contributed by atoms with Crippen LogP contribution in [0.2, 0.25) is 0 Å². The van der Waals surface area contributed by atoms with Crippen molar-refractivity contribution in [2.24, 2.45) is 9.98 Å². The van der Waals surface area contributed by atoms with E-state index in [1.54, 1.807) is 6.21 Å². The first kappa shape index (κ1) is 25.9. The van der Waals surface area contributed by atoms with Gasteiger partial charge in [-0.25, -0.2) is 9.98 Å². The summed E-state index contributed by atoms with van der Waals surface area (Å²) in [7, 11) is 0. The van der Waals surface area contributed by atoms with Gasteiger partial charge in [0.25, 0.3) is 0 Å². The molecule has 6 rings (SSSR count). The van der Waals surface area contributed by atoms with Crippen LogP contribution in [0.25, 0.3) is 11.1 Å². The Morgan fingerprint density at radius 2 is 1.18 bits per heavy atom. The van der Waals surface area contributed by atoms with E-state index in [0.717, 1.165) is 31.2 Å². The number of hydrogen-bond acceptors (Lipinski definition) is 3. The Morgan fingerprint density at radius 1 is 0.600 bits per heavy atom. The van der Waals surface area contributed by atoms with Crippen molar-refractivity contribution in [3.8, 4) is 34.1 Å². The average molecular weight is 651 g/mol. The number of hydrogen-bond donors (Lipinski definition) is 1. The van der Waals surface area contributed by atoms with Crippen molar-refractivity contribution in [3.63, 3.8) is 0 Å². The van der Waals surface area contributed by atoms with Crippen molar-refractivity contribution < 1.29 is 9.47 Å². The predicted octanol–water partition coefficient (Wildman–Crippen LogP) is 9.67. The fourth-order valence-corrected chi connectivity index (χ4v) is 4.82. The second-order valence-electron chi connectivity index (χ2n) is 8.97. The number of nitrogens with one attached hydrogen (secondary N) is 1. The van der Waals surface area contributed by atoms with E-state index in [-0.39, 0.29) is 5.84 Å². The first-order valence-corrected chi connectivity index (χ1v) is 14.0. The van der Waals surface area contributed by atoms with Gasteiger partial charge in [0, 0.05) is 38.4 Å². The molecular formula is C33H21Br2N3O2. The maximum Gasteiger partial charge on any atom is 0.171 e. The summed E-state index contributed by atoms with van der Waals surface area (Å²) in [5.74, 6) is 3.20. The van der Waals surface area contributed by atoms with Gasteiger partial charge in [0.2, 0.25) is 0 Å². The highest BCUT2D eigenvalue weighted by molar-refractivity contribution is 9.13. The Morgan fingerprint density at radius 3 is 1.85 bits per heavy atom. The van der Waals surface area contributed by atoms with Gasteiger partial charge in [0.15, 0.2) is 34.7 Å². The molecule has 5 aromatic rings. The van der Waals surface area contributed by atoms with E-state index >= 15 is 0 Å². The zero-order valence-corrected chi connectivity index (χ0v) is 24.2. The summed E-state index contributed by atoms with van der Waals surface area (Å²) in [4.78, 5) is 9.20. The minimum absolute atomic E-state index is 0.131. The third-order valence-corrected chi connectivity index (χ3v) is 8.09. The lowest BCUT2D eigenvalue weighted by Crippen LogP contribution is -2.04. The summed E-state index contributed by atoms with van der Waals surface area (Å²) in [6.45, 7) is 0. The summed E-state index contributed by atoms with van der Waals surface area (Å²) in [5.41, 5.74) is 4.45. The minimum Gasteiger partial charge on any atom is -0.449 e. The molecule has 0 amide bonds. The number of nitrogens with zero attached hydrogens (tertiary/aromatic N) is 2. The van der Waals surface area contributed by atoms with Crippen LogP contribution >= 0.6 is 31.9 Å². The van der Waals surface area contributed by atoms with Crippen LogP contribution in [0.4, 0.5) is 0 Å². The number of halogens is 2. The van der Waals surface area contributed by atoms with Crippen molar-refractivity contribution in [3.05, 3.63) is 141 Å². The van der Waals surface area contributed by atoms with E-state index in [9.17, 15) is 0 Å². The Labute approximate surface area is 248 Å². The first-order chi connectivity index (χ1) is 19.5. The molecule has 1 aliphatic rings. The van der Waals surface area contributed by atoms with Gasteiger partial charge in [-0.2, -0.15) is 0 Å². The summed E-state index contributed by atoms with van der Waals surface area (Å²) in [6, 6.07) is 36.9. The Bertz CT molecular complexity index is 1770. The van der Waals surface area contributed by atoms with E-state index in [1.165, 1.54) is 0 Å². The van der Waals surface area contributed by atoms with E-state index in [0.29, 0.717) is 34.4 Å². The fourth-order valence-electron chi connectivity index (χ4n) is 4.18. The van der Waals surface area contributed by atoms with Crippen LogP contribution in [0.1, 0.15) is 16.7 Å². The van der Waals surface area contributed by atoms with Crippen LogP contribution in [-0.4, -0.2) is 17.9 Å². The van der Waals surface area contributed by atoms with Gasteiger partial charge in [0.1, 0.15) is 0 Å². The van der Waals surface area contributed by atoms with E-state index in [1.807, 2.05) is 115 Å². The lowest BCUT2D eigenvalue weighted by atomic mass is 10.0. The minimum atomic E-state index is 0.131. The molecule has 0 saturated carbocycles. The van der Waals surface area contributed by atoms with Crippen molar-refractivity contribution in [1.29, 1.82) is 5.41 Å². The lowest BCUT2D eigenvalue weighted by Gasteiger charge is -2.22. The van der Waals surface area contributed by atoms with Crippen molar-refractivity contribution in [2.75, 3.05) is 0 Å². The monoisotopic (exact) mass is 649 g/mol. The second kappa shape index (κ2) is 11.4. The number of rotatable bonds is 4. The van der Waals surface area contributed by atoms with Crippen molar-refractivity contribution in [1.82, 2.24) is 0 Å². The number of fused-ring (bicyclic) bond motifs is 2. The molecule has 0 aliphatic carbocycles. The smallest absolute Gasteiger partial charge is 0.171 e. The molecule has 1 heterocycles. The molecule has 7 heteroatoms. The van der Waals surface area contributed by atoms with Crippen molar-refractivity contribution >= 4 is 49.7 Å². The SMILES string of the molecule is N=C(N=C(N=Cc1ccccc1)c1ccccc1)c1ccc(-c2ccc3c(c2)Oc2cc(Br)c(Br)cc2O3)cc1. The van der Waals surface area contributed by atoms with Crippen LogP contribution in [-0.2, 0) is 0 Å². The third kappa shape index (κ3) is 5.66. The molecule has 0 radical (unpaired) electrons.